The van der Waals surface area contributed by atoms with E-state index < -0.39 is 7.52 Å². The fourth-order valence-corrected chi connectivity index (χ4v) is 5.77. The minimum absolute atomic E-state index is 0.285. The van der Waals surface area contributed by atoms with Crippen molar-refractivity contribution in [3.8, 4) is 11.1 Å². The maximum absolute atomic E-state index is 13.9. The Morgan fingerprint density at radius 2 is 1.31 bits per heavy atom. The van der Waals surface area contributed by atoms with Crippen LogP contribution in [0.5, 0.6) is 0 Å². The SMILES string of the molecule is O=[P@](NC1CC1)(OC1c2ccccc2-c2ccccc21)c1ccccc1. The van der Waals surface area contributed by atoms with Crippen LogP contribution in [0.2, 0.25) is 0 Å². The van der Waals surface area contributed by atoms with E-state index >= 15 is 0 Å². The molecule has 3 aromatic carbocycles. The van der Waals surface area contributed by atoms with Gasteiger partial charge in [0, 0.05) is 6.04 Å². The van der Waals surface area contributed by atoms with Crippen LogP contribution in [0, 0.1) is 0 Å². The second-order valence-corrected chi connectivity index (χ2v) is 9.04. The minimum Gasteiger partial charge on any atom is -0.301 e. The zero-order valence-corrected chi connectivity index (χ0v) is 15.2. The number of rotatable bonds is 5. The summed E-state index contributed by atoms with van der Waals surface area (Å²) in [5, 5.41) is 4.04. The van der Waals surface area contributed by atoms with Crippen LogP contribution in [0.25, 0.3) is 11.1 Å². The molecule has 0 bridgehead atoms. The van der Waals surface area contributed by atoms with E-state index in [9.17, 15) is 4.57 Å². The molecule has 3 nitrogen and oxygen atoms in total. The van der Waals surface area contributed by atoms with Gasteiger partial charge in [-0.25, -0.2) is 5.09 Å². The molecule has 5 rings (SSSR count). The molecule has 1 N–H and O–H groups in total. The highest BCUT2D eigenvalue weighted by Gasteiger charge is 2.39. The zero-order valence-electron chi connectivity index (χ0n) is 14.3. The maximum Gasteiger partial charge on any atom is 0.300 e. The molecule has 0 radical (unpaired) electrons. The van der Waals surface area contributed by atoms with Gasteiger partial charge in [0.15, 0.2) is 0 Å². The largest absolute Gasteiger partial charge is 0.301 e. The molecular formula is C22H20NO2P. The molecule has 0 aliphatic heterocycles. The summed E-state index contributed by atoms with van der Waals surface area (Å²) in [6, 6.07) is 26.3. The summed E-state index contributed by atoms with van der Waals surface area (Å²) in [5.74, 6) is 0. The van der Waals surface area contributed by atoms with Crippen molar-refractivity contribution in [3.63, 3.8) is 0 Å². The maximum atomic E-state index is 13.9. The average Bonchev–Trinajstić information content (AvgIpc) is 3.45. The van der Waals surface area contributed by atoms with Crippen molar-refractivity contribution >= 4 is 12.8 Å². The van der Waals surface area contributed by atoms with Crippen LogP contribution in [0.1, 0.15) is 30.1 Å². The van der Waals surface area contributed by atoms with Crippen LogP contribution in [0.4, 0.5) is 0 Å². The molecule has 4 heteroatoms. The summed E-state index contributed by atoms with van der Waals surface area (Å²) in [6.07, 6.45) is 1.79. The Balaban J connectivity index is 1.59. The van der Waals surface area contributed by atoms with Gasteiger partial charge in [0.25, 0.3) is 0 Å². The molecule has 130 valence electrons. The summed E-state index contributed by atoms with van der Waals surface area (Å²) in [6.45, 7) is 0. The molecule has 1 atom stereocenters. The molecule has 1 fully saturated rings. The van der Waals surface area contributed by atoms with Gasteiger partial charge in [-0.15, -0.1) is 0 Å². The zero-order chi connectivity index (χ0) is 17.6. The molecular weight excluding hydrogens is 341 g/mol. The van der Waals surface area contributed by atoms with Gasteiger partial charge in [-0.2, -0.15) is 0 Å². The standard InChI is InChI=1S/C22H20NO2P/c24-26(23-16-14-15-16,17-8-2-1-3-9-17)25-22-20-12-6-4-10-18(20)19-11-5-7-13-21(19)22/h1-13,16,22H,14-15H2,(H,23,24)/t26-/m0/s1. The Hall–Kier alpha value is -2.19. The van der Waals surface area contributed by atoms with E-state index in [2.05, 4.69) is 29.4 Å². The third kappa shape index (κ3) is 2.73. The van der Waals surface area contributed by atoms with E-state index in [1.54, 1.807) is 0 Å². The third-order valence-electron chi connectivity index (χ3n) is 5.06. The first-order valence-corrected chi connectivity index (χ1v) is 10.7. The molecule has 1 saturated carbocycles. The van der Waals surface area contributed by atoms with Crippen molar-refractivity contribution in [3.05, 3.63) is 90.0 Å². The minimum atomic E-state index is -3.18. The third-order valence-corrected chi connectivity index (χ3v) is 7.25. The predicted octanol–water partition coefficient (Wildman–Crippen LogP) is 5.04. The van der Waals surface area contributed by atoms with E-state index in [-0.39, 0.29) is 12.1 Å². The Kier molecular flexibility index (Phi) is 3.82. The molecule has 2 aliphatic rings. The normalized spacial score (nSPS) is 18.2. The van der Waals surface area contributed by atoms with Gasteiger partial charge in [0.1, 0.15) is 6.10 Å². The highest BCUT2D eigenvalue weighted by molar-refractivity contribution is 7.65. The van der Waals surface area contributed by atoms with Crippen LogP contribution in [0.3, 0.4) is 0 Å². The van der Waals surface area contributed by atoms with Crippen molar-refractivity contribution in [1.29, 1.82) is 0 Å². The van der Waals surface area contributed by atoms with Crippen LogP contribution in [-0.4, -0.2) is 6.04 Å². The highest BCUT2D eigenvalue weighted by atomic mass is 31.2. The van der Waals surface area contributed by atoms with Gasteiger partial charge in [0.05, 0.1) is 5.30 Å². The van der Waals surface area contributed by atoms with Gasteiger partial charge >= 0.3 is 7.52 Å². The fraction of sp³-hybridized carbons (Fsp3) is 0.182. The molecule has 3 aromatic rings. The molecule has 0 spiro atoms. The van der Waals surface area contributed by atoms with E-state index in [1.807, 2.05) is 54.6 Å². The fourth-order valence-electron chi connectivity index (χ4n) is 3.61. The number of hydrogen-bond donors (Lipinski definition) is 1. The van der Waals surface area contributed by atoms with Crippen LogP contribution in [0.15, 0.2) is 78.9 Å². The van der Waals surface area contributed by atoms with Crippen molar-refractivity contribution < 1.29 is 9.09 Å². The molecule has 0 saturated heterocycles. The summed E-state index contributed by atoms with van der Waals surface area (Å²) < 4.78 is 20.3. The number of fused-ring (bicyclic) bond motifs is 3. The topological polar surface area (TPSA) is 38.3 Å². The van der Waals surface area contributed by atoms with Crippen molar-refractivity contribution in [1.82, 2.24) is 5.09 Å². The Morgan fingerprint density at radius 1 is 0.769 bits per heavy atom. The van der Waals surface area contributed by atoms with E-state index in [4.69, 9.17) is 4.52 Å². The lowest BCUT2D eigenvalue weighted by molar-refractivity contribution is 0.252. The van der Waals surface area contributed by atoms with Crippen LogP contribution >= 0.6 is 7.52 Å². The lowest BCUT2D eigenvalue weighted by Crippen LogP contribution is -2.24. The summed E-state index contributed by atoms with van der Waals surface area (Å²) in [4.78, 5) is 0. The summed E-state index contributed by atoms with van der Waals surface area (Å²) >= 11 is 0. The quantitative estimate of drug-likeness (QED) is 0.647. The lowest BCUT2D eigenvalue weighted by atomic mass is 10.1. The molecule has 26 heavy (non-hydrogen) atoms. The number of nitrogens with one attached hydrogen (secondary N) is 1. The molecule has 0 heterocycles. The number of hydrogen-bond acceptors (Lipinski definition) is 2. The molecule has 0 amide bonds. The number of benzene rings is 3. The van der Waals surface area contributed by atoms with Gasteiger partial charge in [-0.1, -0.05) is 66.7 Å². The first-order valence-electron chi connectivity index (χ1n) is 9.05. The van der Waals surface area contributed by atoms with E-state index in [0.717, 1.165) is 29.3 Å². The van der Waals surface area contributed by atoms with Crippen LogP contribution < -0.4 is 10.4 Å². The second-order valence-electron chi connectivity index (χ2n) is 6.95. The molecule has 2 aliphatic carbocycles. The van der Waals surface area contributed by atoms with Crippen molar-refractivity contribution in [2.45, 2.75) is 25.0 Å². The highest BCUT2D eigenvalue weighted by Crippen LogP contribution is 2.55. The Labute approximate surface area is 153 Å². The van der Waals surface area contributed by atoms with Gasteiger partial charge in [-0.05, 0) is 47.2 Å². The van der Waals surface area contributed by atoms with E-state index in [0.29, 0.717) is 0 Å². The van der Waals surface area contributed by atoms with Gasteiger partial charge in [-0.3, -0.25) is 4.57 Å². The van der Waals surface area contributed by atoms with E-state index in [1.165, 1.54) is 11.1 Å². The molecule has 0 unspecified atom stereocenters. The van der Waals surface area contributed by atoms with Crippen LogP contribution in [-0.2, 0) is 9.09 Å². The van der Waals surface area contributed by atoms with Gasteiger partial charge < -0.3 is 4.52 Å². The van der Waals surface area contributed by atoms with Crippen molar-refractivity contribution in [2.24, 2.45) is 0 Å². The second kappa shape index (κ2) is 6.21. The monoisotopic (exact) mass is 361 g/mol. The smallest absolute Gasteiger partial charge is 0.300 e. The Morgan fingerprint density at radius 3 is 1.88 bits per heavy atom. The first kappa shape index (κ1) is 16.0. The average molecular weight is 361 g/mol. The lowest BCUT2D eigenvalue weighted by Gasteiger charge is -2.25. The predicted molar refractivity (Wildman–Crippen MR) is 105 cm³/mol. The first-order chi connectivity index (χ1) is 12.7. The Bertz CT molecular complexity index is 952. The van der Waals surface area contributed by atoms with Gasteiger partial charge in [0.2, 0.25) is 0 Å². The summed E-state index contributed by atoms with van der Waals surface area (Å²) in [7, 11) is -3.18. The van der Waals surface area contributed by atoms with Crippen molar-refractivity contribution in [2.75, 3.05) is 0 Å². The molecule has 0 aromatic heterocycles. The summed E-state index contributed by atoms with van der Waals surface area (Å²) in [5.41, 5.74) is 4.50.